The second-order valence-corrected chi connectivity index (χ2v) is 5.28. The minimum Gasteiger partial charge on any atom is -0.326 e. The number of rotatable bonds is 3. The van der Waals surface area contributed by atoms with Crippen LogP contribution in [0.1, 0.15) is 58.3 Å². The molecule has 2 nitrogen and oxygen atoms in total. The highest BCUT2D eigenvalue weighted by molar-refractivity contribution is 4.90. The molecule has 2 atom stereocenters. The van der Waals surface area contributed by atoms with Gasteiger partial charge in [0.2, 0.25) is 0 Å². The van der Waals surface area contributed by atoms with E-state index in [1.165, 1.54) is 57.9 Å². The lowest BCUT2D eigenvalue weighted by Gasteiger charge is -2.41. The van der Waals surface area contributed by atoms with Gasteiger partial charge in [-0.15, -0.1) is 0 Å². The Morgan fingerprint density at radius 2 is 1.60 bits per heavy atom. The van der Waals surface area contributed by atoms with Crippen molar-refractivity contribution in [2.45, 2.75) is 76.4 Å². The van der Waals surface area contributed by atoms with Crippen LogP contribution in [-0.2, 0) is 0 Å². The fraction of sp³-hybridized carbons (Fsp3) is 1.00. The summed E-state index contributed by atoms with van der Waals surface area (Å²) in [5.41, 5.74) is 6.28. The largest absolute Gasteiger partial charge is 0.326 e. The van der Waals surface area contributed by atoms with Gasteiger partial charge in [-0.1, -0.05) is 32.6 Å². The van der Waals surface area contributed by atoms with Crippen molar-refractivity contribution in [3.05, 3.63) is 0 Å². The normalized spacial score (nSPS) is 33.8. The molecule has 0 aromatic rings. The molecule has 0 aromatic heterocycles. The van der Waals surface area contributed by atoms with Crippen molar-refractivity contribution in [3.63, 3.8) is 0 Å². The Morgan fingerprint density at radius 3 is 2.20 bits per heavy atom. The van der Waals surface area contributed by atoms with Crippen molar-refractivity contribution in [2.75, 3.05) is 6.54 Å². The highest BCUT2D eigenvalue weighted by Crippen LogP contribution is 2.30. The van der Waals surface area contributed by atoms with Crippen LogP contribution in [0.3, 0.4) is 0 Å². The van der Waals surface area contributed by atoms with Crippen LogP contribution in [0.2, 0.25) is 0 Å². The van der Waals surface area contributed by atoms with Crippen LogP contribution in [0, 0.1) is 0 Å². The first-order chi connectivity index (χ1) is 7.33. The molecule has 0 amide bonds. The molecule has 2 rings (SSSR count). The molecule has 0 heterocycles. The summed E-state index contributed by atoms with van der Waals surface area (Å²) in [6.45, 7) is 3.50. The maximum atomic E-state index is 6.28. The molecule has 2 unspecified atom stereocenters. The van der Waals surface area contributed by atoms with Crippen LogP contribution in [-0.4, -0.2) is 29.6 Å². The summed E-state index contributed by atoms with van der Waals surface area (Å²) < 4.78 is 0. The predicted molar refractivity (Wildman–Crippen MR) is 64.9 cm³/mol. The van der Waals surface area contributed by atoms with Crippen molar-refractivity contribution in [1.82, 2.24) is 4.90 Å². The summed E-state index contributed by atoms with van der Waals surface area (Å²) in [5.74, 6) is 0. The molecule has 2 saturated carbocycles. The highest BCUT2D eigenvalue weighted by atomic mass is 15.2. The topological polar surface area (TPSA) is 29.3 Å². The maximum Gasteiger partial charge on any atom is 0.0250 e. The lowest BCUT2D eigenvalue weighted by atomic mass is 9.89. The molecule has 0 radical (unpaired) electrons. The molecular formula is C13H26N2. The summed E-state index contributed by atoms with van der Waals surface area (Å²) in [7, 11) is 0. The number of nitrogens with zero attached hydrogens (tertiary/aromatic N) is 1. The number of hydrogen-bond donors (Lipinski definition) is 1. The van der Waals surface area contributed by atoms with E-state index in [4.69, 9.17) is 5.73 Å². The van der Waals surface area contributed by atoms with Gasteiger partial charge in [-0.2, -0.15) is 0 Å². The van der Waals surface area contributed by atoms with Crippen molar-refractivity contribution < 1.29 is 0 Å². The van der Waals surface area contributed by atoms with Crippen molar-refractivity contribution in [1.29, 1.82) is 0 Å². The third kappa shape index (κ3) is 2.54. The zero-order valence-electron chi connectivity index (χ0n) is 10.1. The summed E-state index contributed by atoms with van der Waals surface area (Å²) in [6.07, 6.45) is 11.0. The van der Waals surface area contributed by atoms with Gasteiger partial charge < -0.3 is 5.73 Å². The predicted octanol–water partition coefficient (Wildman–Crippen LogP) is 2.52. The SMILES string of the molecule is CCN(C1CCCC1)C1CCCCC1N. The first-order valence-corrected chi connectivity index (χ1v) is 6.84. The lowest BCUT2D eigenvalue weighted by molar-refractivity contribution is 0.0977. The van der Waals surface area contributed by atoms with Crippen molar-refractivity contribution >= 4 is 0 Å². The van der Waals surface area contributed by atoms with E-state index in [0.717, 1.165) is 6.04 Å². The second-order valence-electron chi connectivity index (χ2n) is 5.28. The molecule has 2 fully saturated rings. The number of nitrogens with two attached hydrogens (primary N) is 1. The molecule has 0 aliphatic heterocycles. The van der Waals surface area contributed by atoms with E-state index < -0.39 is 0 Å². The molecule has 15 heavy (non-hydrogen) atoms. The van der Waals surface area contributed by atoms with Gasteiger partial charge in [0.05, 0.1) is 0 Å². The molecule has 2 aliphatic rings. The Hall–Kier alpha value is -0.0800. The minimum absolute atomic E-state index is 0.444. The van der Waals surface area contributed by atoms with Crippen molar-refractivity contribution in [3.8, 4) is 0 Å². The smallest absolute Gasteiger partial charge is 0.0250 e. The zero-order valence-corrected chi connectivity index (χ0v) is 10.1. The van der Waals surface area contributed by atoms with Gasteiger partial charge in [-0.3, -0.25) is 4.90 Å². The Bertz CT molecular complexity index is 187. The van der Waals surface area contributed by atoms with Crippen molar-refractivity contribution in [2.24, 2.45) is 5.73 Å². The Kier molecular flexibility index (Phi) is 4.04. The fourth-order valence-corrected chi connectivity index (χ4v) is 3.55. The Balaban J connectivity index is 1.97. The Labute approximate surface area is 94.2 Å². The lowest BCUT2D eigenvalue weighted by Crippen LogP contribution is -2.52. The fourth-order valence-electron chi connectivity index (χ4n) is 3.55. The first kappa shape index (κ1) is 11.4. The number of hydrogen-bond acceptors (Lipinski definition) is 2. The van der Waals surface area contributed by atoms with E-state index >= 15 is 0 Å². The Morgan fingerprint density at radius 1 is 1.00 bits per heavy atom. The van der Waals surface area contributed by atoms with Gasteiger partial charge in [-0.25, -0.2) is 0 Å². The third-order valence-corrected chi connectivity index (χ3v) is 4.37. The molecule has 0 spiro atoms. The number of likely N-dealkylation sites (N-methyl/N-ethyl adjacent to an activating group) is 1. The zero-order chi connectivity index (χ0) is 10.7. The van der Waals surface area contributed by atoms with Crippen LogP contribution in [0.25, 0.3) is 0 Å². The van der Waals surface area contributed by atoms with Crippen LogP contribution in [0.4, 0.5) is 0 Å². The van der Waals surface area contributed by atoms with E-state index in [-0.39, 0.29) is 0 Å². The average molecular weight is 210 g/mol. The van der Waals surface area contributed by atoms with Gasteiger partial charge in [0.15, 0.2) is 0 Å². The third-order valence-electron chi connectivity index (χ3n) is 4.37. The first-order valence-electron chi connectivity index (χ1n) is 6.84. The summed E-state index contributed by atoms with van der Waals surface area (Å²) in [6, 6.07) is 1.98. The second kappa shape index (κ2) is 5.31. The standard InChI is InChI=1S/C13H26N2/c1-2-15(11-7-3-4-8-11)13-10-6-5-9-12(13)14/h11-13H,2-10,14H2,1H3. The van der Waals surface area contributed by atoms with Gasteiger partial charge in [-0.05, 0) is 32.2 Å². The molecule has 0 bridgehead atoms. The molecular weight excluding hydrogens is 184 g/mol. The van der Waals surface area contributed by atoms with Gasteiger partial charge in [0, 0.05) is 18.1 Å². The van der Waals surface area contributed by atoms with E-state index in [1.54, 1.807) is 0 Å². The van der Waals surface area contributed by atoms with Gasteiger partial charge >= 0.3 is 0 Å². The van der Waals surface area contributed by atoms with E-state index in [2.05, 4.69) is 11.8 Å². The molecule has 0 aromatic carbocycles. The molecule has 2 N–H and O–H groups in total. The molecule has 2 heteroatoms. The highest BCUT2D eigenvalue weighted by Gasteiger charge is 2.32. The van der Waals surface area contributed by atoms with Crippen LogP contribution in [0.15, 0.2) is 0 Å². The van der Waals surface area contributed by atoms with E-state index in [9.17, 15) is 0 Å². The maximum absolute atomic E-state index is 6.28. The molecule has 2 aliphatic carbocycles. The monoisotopic (exact) mass is 210 g/mol. The van der Waals surface area contributed by atoms with Crippen LogP contribution in [0.5, 0.6) is 0 Å². The van der Waals surface area contributed by atoms with Crippen LogP contribution >= 0.6 is 0 Å². The quantitative estimate of drug-likeness (QED) is 0.775. The summed E-state index contributed by atoms with van der Waals surface area (Å²) in [4.78, 5) is 2.72. The van der Waals surface area contributed by atoms with Crippen LogP contribution < -0.4 is 5.73 Å². The molecule has 88 valence electrons. The summed E-state index contributed by atoms with van der Waals surface area (Å²) in [5, 5.41) is 0. The minimum atomic E-state index is 0.444. The van der Waals surface area contributed by atoms with E-state index in [0.29, 0.717) is 12.1 Å². The van der Waals surface area contributed by atoms with Gasteiger partial charge in [0.1, 0.15) is 0 Å². The van der Waals surface area contributed by atoms with Gasteiger partial charge in [0.25, 0.3) is 0 Å². The summed E-state index contributed by atoms with van der Waals surface area (Å²) >= 11 is 0. The molecule has 0 saturated heterocycles. The van der Waals surface area contributed by atoms with E-state index in [1.807, 2.05) is 0 Å². The average Bonchev–Trinajstić information content (AvgIpc) is 2.75.